The van der Waals surface area contributed by atoms with Crippen molar-refractivity contribution >= 4 is 5.97 Å². The summed E-state index contributed by atoms with van der Waals surface area (Å²) in [6.07, 6.45) is 5.98. The molecule has 0 radical (unpaired) electrons. The van der Waals surface area contributed by atoms with Crippen molar-refractivity contribution in [1.82, 2.24) is 9.88 Å². The first kappa shape index (κ1) is 13.6. The minimum atomic E-state index is -0.132. The molecule has 0 aliphatic carbocycles. The van der Waals surface area contributed by atoms with Gasteiger partial charge in [-0.05, 0) is 44.1 Å². The number of carbonyl (C=O) groups is 1. The van der Waals surface area contributed by atoms with Gasteiger partial charge in [-0.3, -0.25) is 9.78 Å². The molecule has 1 aromatic heterocycles. The summed E-state index contributed by atoms with van der Waals surface area (Å²) in [7, 11) is 3.49. The summed E-state index contributed by atoms with van der Waals surface area (Å²) < 4.78 is 4.60. The number of aromatic nitrogens is 1. The van der Waals surface area contributed by atoms with Crippen molar-refractivity contribution in [2.75, 3.05) is 27.2 Å². The normalized spacial score (nSPS) is 10.5. The summed E-state index contributed by atoms with van der Waals surface area (Å²) in [5.74, 6) is -0.132. The molecule has 1 heterocycles. The van der Waals surface area contributed by atoms with Crippen molar-refractivity contribution in [2.45, 2.75) is 19.3 Å². The zero-order valence-corrected chi connectivity index (χ0v) is 10.6. The minimum absolute atomic E-state index is 0.132. The summed E-state index contributed by atoms with van der Waals surface area (Å²) in [6.45, 7) is 1.91. The van der Waals surface area contributed by atoms with E-state index in [0.29, 0.717) is 6.42 Å². The molecule has 94 valence electrons. The first-order valence-corrected chi connectivity index (χ1v) is 5.86. The minimum Gasteiger partial charge on any atom is -0.469 e. The molecule has 0 amide bonds. The predicted octanol–water partition coefficient (Wildman–Crippen LogP) is 1.51. The first-order valence-electron chi connectivity index (χ1n) is 5.86. The molecule has 0 atom stereocenters. The Labute approximate surface area is 103 Å². The quantitative estimate of drug-likeness (QED) is 0.673. The number of hydrogen-bond acceptors (Lipinski definition) is 4. The third kappa shape index (κ3) is 6.02. The number of hydrogen-bond donors (Lipinski definition) is 0. The van der Waals surface area contributed by atoms with Crippen LogP contribution in [-0.2, 0) is 16.0 Å². The highest BCUT2D eigenvalue weighted by atomic mass is 16.5. The second-order valence-corrected chi connectivity index (χ2v) is 4.09. The summed E-state index contributed by atoms with van der Waals surface area (Å²) in [5.41, 5.74) is 1.29. The SMILES string of the molecule is COC(=O)CCCN(C)CCc1ccncc1. The van der Waals surface area contributed by atoms with Crippen LogP contribution < -0.4 is 0 Å². The molecular weight excluding hydrogens is 216 g/mol. The van der Waals surface area contributed by atoms with Gasteiger partial charge in [-0.1, -0.05) is 0 Å². The van der Waals surface area contributed by atoms with Crippen LogP contribution in [0.15, 0.2) is 24.5 Å². The fourth-order valence-corrected chi connectivity index (χ4v) is 1.58. The molecule has 1 rings (SSSR count). The van der Waals surface area contributed by atoms with Crippen molar-refractivity contribution in [3.05, 3.63) is 30.1 Å². The van der Waals surface area contributed by atoms with Gasteiger partial charge in [0.2, 0.25) is 0 Å². The molecule has 0 unspecified atom stereocenters. The van der Waals surface area contributed by atoms with Gasteiger partial charge >= 0.3 is 5.97 Å². The number of nitrogens with zero attached hydrogens (tertiary/aromatic N) is 2. The van der Waals surface area contributed by atoms with Crippen LogP contribution in [0.2, 0.25) is 0 Å². The van der Waals surface area contributed by atoms with E-state index >= 15 is 0 Å². The second kappa shape index (κ2) is 7.79. The molecule has 0 aliphatic rings. The van der Waals surface area contributed by atoms with E-state index < -0.39 is 0 Å². The van der Waals surface area contributed by atoms with Crippen LogP contribution in [0.5, 0.6) is 0 Å². The number of ether oxygens (including phenoxy) is 1. The number of rotatable bonds is 7. The maximum Gasteiger partial charge on any atom is 0.305 e. The number of likely N-dealkylation sites (N-methyl/N-ethyl adjacent to an activating group) is 1. The Morgan fingerprint density at radius 3 is 2.71 bits per heavy atom. The molecule has 0 bridgehead atoms. The third-order valence-electron chi connectivity index (χ3n) is 2.68. The highest BCUT2D eigenvalue weighted by Crippen LogP contribution is 2.00. The van der Waals surface area contributed by atoms with Gasteiger partial charge in [0.05, 0.1) is 7.11 Å². The van der Waals surface area contributed by atoms with E-state index in [1.54, 1.807) is 0 Å². The summed E-state index contributed by atoms with van der Waals surface area (Å²) in [4.78, 5) is 17.1. The maximum absolute atomic E-state index is 10.9. The smallest absolute Gasteiger partial charge is 0.305 e. The number of carbonyl (C=O) groups excluding carboxylic acids is 1. The Hall–Kier alpha value is -1.42. The zero-order chi connectivity index (χ0) is 12.5. The largest absolute Gasteiger partial charge is 0.469 e. The van der Waals surface area contributed by atoms with Gasteiger partial charge in [0.1, 0.15) is 0 Å². The van der Waals surface area contributed by atoms with Crippen LogP contribution in [-0.4, -0.2) is 43.1 Å². The van der Waals surface area contributed by atoms with Crippen LogP contribution in [0, 0.1) is 0 Å². The maximum atomic E-state index is 10.9. The fourth-order valence-electron chi connectivity index (χ4n) is 1.58. The lowest BCUT2D eigenvalue weighted by molar-refractivity contribution is -0.140. The Bertz CT molecular complexity index is 327. The van der Waals surface area contributed by atoms with Crippen LogP contribution in [0.1, 0.15) is 18.4 Å². The van der Waals surface area contributed by atoms with Gasteiger partial charge in [-0.15, -0.1) is 0 Å². The average Bonchev–Trinajstić information content (AvgIpc) is 2.37. The lowest BCUT2D eigenvalue weighted by Crippen LogP contribution is -2.23. The summed E-state index contributed by atoms with van der Waals surface area (Å²) in [6, 6.07) is 4.06. The van der Waals surface area contributed by atoms with Crippen molar-refractivity contribution in [1.29, 1.82) is 0 Å². The lowest BCUT2D eigenvalue weighted by atomic mass is 10.2. The third-order valence-corrected chi connectivity index (χ3v) is 2.68. The molecular formula is C13H20N2O2. The highest BCUT2D eigenvalue weighted by Gasteiger charge is 2.03. The van der Waals surface area contributed by atoms with E-state index in [-0.39, 0.29) is 5.97 Å². The Kier molecular flexibility index (Phi) is 6.25. The fraction of sp³-hybridized carbons (Fsp3) is 0.538. The molecule has 0 saturated heterocycles. The monoisotopic (exact) mass is 236 g/mol. The van der Waals surface area contributed by atoms with Crippen LogP contribution in [0.3, 0.4) is 0 Å². The average molecular weight is 236 g/mol. The lowest BCUT2D eigenvalue weighted by Gasteiger charge is -2.15. The van der Waals surface area contributed by atoms with Gasteiger partial charge in [-0.25, -0.2) is 0 Å². The molecule has 0 spiro atoms. The van der Waals surface area contributed by atoms with E-state index in [9.17, 15) is 4.79 Å². The van der Waals surface area contributed by atoms with E-state index in [0.717, 1.165) is 25.9 Å². The number of methoxy groups -OCH3 is 1. The topological polar surface area (TPSA) is 42.4 Å². The Morgan fingerprint density at radius 1 is 1.35 bits per heavy atom. The van der Waals surface area contributed by atoms with Crippen LogP contribution in [0.4, 0.5) is 0 Å². The van der Waals surface area contributed by atoms with E-state index in [1.807, 2.05) is 24.5 Å². The molecule has 1 aromatic rings. The Morgan fingerprint density at radius 2 is 2.06 bits per heavy atom. The molecule has 17 heavy (non-hydrogen) atoms. The summed E-state index contributed by atoms with van der Waals surface area (Å²) >= 11 is 0. The molecule has 4 heteroatoms. The molecule has 0 aliphatic heterocycles. The number of esters is 1. The second-order valence-electron chi connectivity index (χ2n) is 4.09. The molecule has 0 saturated carbocycles. The van der Waals surface area contributed by atoms with Crippen molar-refractivity contribution in [2.24, 2.45) is 0 Å². The highest BCUT2D eigenvalue weighted by molar-refractivity contribution is 5.69. The van der Waals surface area contributed by atoms with E-state index in [1.165, 1.54) is 12.7 Å². The summed E-state index contributed by atoms with van der Waals surface area (Å²) in [5, 5.41) is 0. The number of pyridine rings is 1. The van der Waals surface area contributed by atoms with Crippen molar-refractivity contribution in [3.8, 4) is 0 Å². The Balaban J connectivity index is 2.13. The van der Waals surface area contributed by atoms with Crippen LogP contribution >= 0.6 is 0 Å². The van der Waals surface area contributed by atoms with Gasteiger partial charge in [-0.2, -0.15) is 0 Å². The van der Waals surface area contributed by atoms with Gasteiger partial charge in [0.15, 0.2) is 0 Å². The predicted molar refractivity (Wildman–Crippen MR) is 66.7 cm³/mol. The molecule has 0 aromatic carbocycles. The molecule has 0 N–H and O–H groups in total. The first-order chi connectivity index (χ1) is 8.22. The molecule has 4 nitrogen and oxygen atoms in total. The van der Waals surface area contributed by atoms with Crippen molar-refractivity contribution < 1.29 is 9.53 Å². The van der Waals surface area contributed by atoms with E-state index in [2.05, 4.69) is 21.7 Å². The zero-order valence-electron chi connectivity index (χ0n) is 10.6. The van der Waals surface area contributed by atoms with Gasteiger partial charge in [0, 0.05) is 25.4 Å². The molecule has 0 fully saturated rings. The van der Waals surface area contributed by atoms with Crippen LogP contribution in [0.25, 0.3) is 0 Å². The van der Waals surface area contributed by atoms with Gasteiger partial charge < -0.3 is 9.64 Å². The van der Waals surface area contributed by atoms with Gasteiger partial charge in [0.25, 0.3) is 0 Å². The standard InChI is InChI=1S/C13H20N2O2/c1-15(10-3-4-13(16)17-2)11-7-12-5-8-14-9-6-12/h5-6,8-9H,3-4,7,10-11H2,1-2H3. The van der Waals surface area contributed by atoms with Crippen molar-refractivity contribution in [3.63, 3.8) is 0 Å². The van der Waals surface area contributed by atoms with E-state index in [4.69, 9.17) is 0 Å².